The molecular formula is C18H30N4O2. The molecule has 1 aromatic rings. The Bertz CT molecular complexity index is 557. The van der Waals surface area contributed by atoms with Crippen molar-refractivity contribution in [3.63, 3.8) is 0 Å². The number of nitrogens with one attached hydrogen (secondary N) is 2. The van der Waals surface area contributed by atoms with Gasteiger partial charge in [-0.3, -0.25) is 14.8 Å². The minimum atomic E-state index is -0.0540. The van der Waals surface area contributed by atoms with Gasteiger partial charge in [0.1, 0.15) is 0 Å². The number of ether oxygens (including phenoxy) is 1. The van der Waals surface area contributed by atoms with Gasteiger partial charge in [0.2, 0.25) is 0 Å². The molecule has 0 radical (unpaired) electrons. The first-order valence-corrected chi connectivity index (χ1v) is 9.31. The molecule has 6 heteroatoms. The highest BCUT2D eigenvalue weighted by molar-refractivity contribution is 5.93. The van der Waals surface area contributed by atoms with Crippen LogP contribution in [0.1, 0.15) is 60.8 Å². The van der Waals surface area contributed by atoms with Gasteiger partial charge in [-0.2, -0.15) is 5.10 Å². The maximum atomic E-state index is 12.6. The first kappa shape index (κ1) is 17.4. The zero-order valence-electron chi connectivity index (χ0n) is 15.0. The Balaban J connectivity index is 1.68. The van der Waals surface area contributed by atoms with Crippen molar-refractivity contribution in [1.29, 1.82) is 0 Å². The molecular weight excluding hydrogens is 304 g/mol. The van der Waals surface area contributed by atoms with Gasteiger partial charge in [0.15, 0.2) is 5.69 Å². The fourth-order valence-corrected chi connectivity index (χ4v) is 4.18. The quantitative estimate of drug-likeness (QED) is 0.864. The Kier molecular flexibility index (Phi) is 5.56. The number of rotatable bonds is 5. The number of hydrogen-bond acceptors (Lipinski definition) is 4. The molecule has 1 aliphatic heterocycles. The molecule has 0 aromatic carbocycles. The summed E-state index contributed by atoms with van der Waals surface area (Å²) in [5.74, 6) is -0.0540. The zero-order chi connectivity index (χ0) is 17.0. The lowest BCUT2D eigenvalue weighted by Gasteiger charge is -2.48. The third kappa shape index (κ3) is 3.49. The number of hydrogen-bond donors (Lipinski definition) is 2. The predicted octanol–water partition coefficient (Wildman–Crippen LogP) is 2.05. The molecule has 1 aromatic heterocycles. The van der Waals surface area contributed by atoms with Gasteiger partial charge in [-0.15, -0.1) is 0 Å². The van der Waals surface area contributed by atoms with Crippen LogP contribution in [0.15, 0.2) is 0 Å². The van der Waals surface area contributed by atoms with E-state index in [1.807, 2.05) is 6.92 Å². The summed E-state index contributed by atoms with van der Waals surface area (Å²) in [5.41, 5.74) is 2.65. The van der Waals surface area contributed by atoms with Crippen LogP contribution >= 0.6 is 0 Å². The van der Waals surface area contributed by atoms with Crippen molar-refractivity contribution in [2.45, 2.75) is 57.9 Å². The number of H-pyrrole nitrogens is 1. The molecule has 1 saturated carbocycles. The molecule has 1 saturated heterocycles. The molecule has 2 fully saturated rings. The van der Waals surface area contributed by atoms with Gasteiger partial charge in [0.25, 0.3) is 5.91 Å². The molecule has 0 unspecified atom stereocenters. The monoisotopic (exact) mass is 334 g/mol. The van der Waals surface area contributed by atoms with Gasteiger partial charge in [0, 0.05) is 36.4 Å². The third-order valence-electron chi connectivity index (χ3n) is 5.72. The number of carbonyl (C=O) groups is 1. The zero-order valence-corrected chi connectivity index (χ0v) is 15.0. The van der Waals surface area contributed by atoms with Crippen LogP contribution in [0.2, 0.25) is 0 Å². The van der Waals surface area contributed by atoms with Crippen molar-refractivity contribution < 1.29 is 9.53 Å². The Morgan fingerprint density at radius 1 is 1.29 bits per heavy atom. The molecule has 1 aliphatic carbocycles. The predicted molar refractivity (Wildman–Crippen MR) is 93.2 cm³/mol. The van der Waals surface area contributed by atoms with Crippen LogP contribution in [-0.2, 0) is 11.2 Å². The van der Waals surface area contributed by atoms with Gasteiger partial charge in [-0.1, -0.05) is 26.2 Å². The Labute approximate surface area is 144 Å². The van der Waals surface area contributed by atoms with E-state index in [2.05, 4.69) is 27.3 Å². The average Bonchev–Trinajstić information content (AvgIpc) is 3.02. The molecule has 6 nitrogen and oxygen atoms in total. The molecule has 2 N–H and O–H groups in total. The molecule has 3 rings (SSSR count). The highest BCUT2D eigenvalue weighted by atomic mass is 16.5. The fourth-order valence-electron chi connectivity index (χ4n) is 4.18. The van der Waals surface area contributed by atoms with Crippen LogP contribution in [0.25, 0.3) is 0 Å². The van der Waals surface area contributed by atoms with Crippen molar-refractivity contribution in [3.8, 4) is 0 Å². The molecule has 2 aliphatic rings. The molecule has 2 heterocycles. The van der Waals surface area contributed by atoms with E-state index in [0.29, 0.717) is 12.2 Å². The van der Waals surface area contributed by atoms with Crippen molar-refractivity contribution in [3.05, 3.63) is 17.0 Å². The third-order valence-corrected chi connectivity index (χ3v) is 5.72. The van der Waals surface area contributed by atoms with E-state index >= 15 is 0 Å². The number of aromatic nitrogens is 2. The summed E-state index contributed by atoms with van der Waals surface area (Å²) in [7, 11) is 0. The van der Waals surface area contributed by atoms with Gasteiger partial charge in [-0.05, 0) is 26.2 Å². The highest BCUT2D eigenvalue weighted by Gasteiger charge is 2.39. The van der Waals surface area contributed by atoms with Crippen molar-refractivity contribution in [1.82, 2.24) is 20.4 Å². The standard InChI is InChI=1S/C18H30N4O2/c1-3-15-14(2)16(21-20-15)17(23)19-13-18(7-5-4-6-8-18)22-9-11-24-12-10-22/h3-13H2,1-2H3,(H,19,23)(H,20,21). The Hall–Kier alpha value is -1.40. The summed E-state index contributed by atoms with van der Waals surface area (Å²) >= 11 is 0. The second kappa shape index (κ2) is 7.66. The van der Waals surface area contributed by atoms with E-state index in [1.165, 1.54) is 19.3 Å². The summed E-state index contributed by atoms with van der Waals surface area (Å²) in [5, 5.41) is 10.4. The number of nitrogens with zero attached hydrogens (tertiary/aromatic N) is 2. The lowest BCUT2D eigenvalue weighted by Crippen LogP contribution is -2.59. The van der Waals surface area contributed by atoms with Crippen molar-refractivity contribution in [2.75, 3.05) is 32.8 Å². The summed E-state index contributed by atoms with van der Waals surface area (Å²) in [6.07, 6.45) is 6.98. The molecule has 0 spiro atoms. The topological polar surface area (TPSA) is 70.2 Å². The lowest BCUT2D eigenvalue weighted by molar-refractivity contribution is -0.0361. The minimum absolute atomic E-state index is 0.0540. The van der Waals surface area contributed by atoms with Crippen LogP contribution in [0.4, 0.5) is 0 Å². The number of aryl methyl sites for hydroxylation is 1. The summed E-state index contributed by atoms with van der Waals surface area (Å²) in [4.78, 5) is 15.2. The Morgan fingerprint density at radius 2 is 2.00 bits per heavy atom. The molecule has 0 bridgehead atoms. The largest absolute Gasteiger partial charge is 0.379 e. The summed E-state index contributed by atoms with van der Waals surface area (Å²) < 4.78 is 5.52. The van der Waals surface area contributed by atoms with Gasteiger partial charge < -0.3 is 10.1 Å². The number of amides is 1. The lowest BCUT2D eigenvalue weighted by atomic mass is 9.79. The second-order valence-electron chi connectivity index (χ2n) is 7.10. The first-order chi connectivity index (χ1) is 11.7. The number of carbonyl (C=O) groups excluding carboxylic acids is 1. The van der Waals surface area contributed by atoms with Gasteiger partial charge in [-0.25, -0.2) is 0 Å². The molecule has 1 amide bonds. The van der Waals surface area contributed by atoms with E-state index < -0.39 is 0 Å². The van der Waals surface area contributed by atoms with E-state index in [0.717, 1.165) is 56.8 Å². The first-order valence-electron chi connectivity index (χ1n) is 9.31. The van der Waals surface area contributed by atoms with Crippen molar-refractivity contribution in [2.24, 2.45) is 0 Å². The summed E-state index contributed by atoms with van der Waals surface area (Å²) in [6, 6.07) is 0. The maximum absolute atomic E-state index is 12.6. The molecule has 0 atom stereocenters. The van der Waals surface area contributed by atoms with E-state index in [1.54, 1.807) is 0 Å². The average molecular weight is 334 g/mol. The number of morpholine rings is 1. The van der Waals surface area contributed by atoms with Gasteiger partial charge >= 0.3 is 0 Å². The normalized spacial score (nSPS) is 21.6. The Morgan fingerprint density at radius 3 is 2.62 bits per heavy atom. The minimum Gasteiger partial charge on any atom is -0.379 e. The van der Waals surface area contributed by atoms with Crippen LogP contribution < -0.4 is 5.32 Å². The number of aromatic amines is 1. The van der Waals surface area contributed by atoms with E-state index in [-0.39, 0.29) is 11.4 Å². The smallest absolute Gasteiger partial charge is 0.272 e. The van der Waals surface area contributed by atoms with E-state index in [4.69, 9.17) is 4.74 Å². The fraction of sp³-hybridized carbons (Fsp3) is 0.778. The maximum Gasteiger partial charge on any atom is 0.272 e. The van der Waals surface area contributed by atoms with Crippen LogP contribution in [-0.4, -0.2) is 59.4 Å². The van der Waals surface area contributed by atoms with Crippen LogP contribution in [0.3, 0.4) is 0 Å². The SMILES string of the molecule is CCc1[nH]nc(C(=O)NCC2(N3CCOCC3)CCCCC2)c1C. The van der Waals surface area contributed by atoms with Crippen LogP contribution in [0.5, 0.6) is 0 Å². The molecule has 24 heavy (non-hydrogen) atoms. The molecule has 134 valence electrons. The van der Waals surface area contributed by atoms with E-state index in [9.17, 15) is 4.79 Å². The highest BCUT2D eigenvalue weighted by Crippen LogP contribution is 2.34. The summed E-state index contributed by atoms with van der Waals surface area (Å²) in [6.45, 7) is 8.28. The van der Waals surface area contributed by atoms with Crippen LogP contribution in [0, 0.1) is 6.92 Å². The van der Waals surface area contributed by atoms with Crippen molar-refractivity contribution >= 4 is 5.91 Å². The second-order valence-corrected chi connectivity index (χ2v) is 7.10. The van der Waals surface area contributed by atoms with Gasteiger partial charge in [0.05, 0.1) is 13.2 Å².